The predicted octanol–water partition coefficient (Wildman–Crippen LogP) is 25.4. The number of carbonyl (C=O) groups is 4. The Morgan fingerprint density at radius 3 is 0.777 bits per heavy atom. The summed E-state index contributed by atoms with van der Waals surface area (Å²) < 4.78 is 68.6. The summed E-state index contributed by atoms with van der Waals surface area (Å²) in [5.74, 6) is -2.38. The van der Waals surface area contributed by atoms with E-state index in [4.69, 9.17) is 37.0 Å². The summed E-state index contributed by atoms with van der Waals surface area (Å²) in [4.78, 5) is 73.2. The molecule has 0 bridgehead atoms. The van der Waals surface area contributed by atoms with Crippen molar-refractivity contribution in [3.8, 4) is 0 Å². The smallest absolute Gasteiger partial charge is 0.462 e. The maximum absolute atomic E-state index is 13.1. The number of carbonyl (C=O) groups excluding carboxylic acids is 4. The van der Waals surface area contributed by atoms with Gasteiger partial charge in [0.2, 0.25) is 0 Å². The SMILES string of the molecule is CC/C=C\C/C=C\C/C=C\C/C=C\C/C=C\CCCCCC(=O)OC[C@H](COP(=O)(O)OC[C@@H](O)COP(=O)(O)OC[C@@H](COC(=O)CCCCC/C=C\C/C=C\C/C=C\C/C=C\C/C=C\CC)OC(=O)CCCCCCC/C=C\C/C=C\CCCCC)OC(=O)CC/C=C\C/C=C\C/C=C\C/C=C\C/C=C\CCCCC. The van der Waals surface area contributed by atoms with Gasteiger partial charge in [-0.3, -0.25) is 37.3 Å². The molecule has 0 amide bonds. The first kappa shape index (κ1) is 106. The monoisotopic (exact) mass is 1600 g/mol. The fraction of sp³-hybridized carbons (Fsp3) is 0.591. The zero-order valence-electron chi connectivity index (χ0n) is 69.3. The standard InChI is InChI=1S/C93H148O17P2/c1-5-9-13-17-21-25-29-33-37-40-43-46-50-53-57-61-65-69-73-77-90(95)103-83-88(109-92(97)79-75-71-67-63-59-55-49-36-32-28-24-20-16-12-8-4)85-107-111(99,100)105-81-87(94)82-106-112(101,102)108-86-89(110-93(98)80-76-72-68-64-60-56-52-48-45-42-39-35-31-27-23-19-15-11-7-3)84-104-91(96)78-74-70-66-62-58-54-51-47-44-41-38-34-30-26-22-18-14-10-6-2/h9-10,13-14,21-28,33-39,43-49,53-54,56-58,60,68,72,87-89,94H,5-8,11-12,15-20,29-32,40-42,50-52,55,59,61-67,69-71,73-86H2,1-4H3,(H,99,100)(H,101,102)/b13-9-,14-10-,25-21-,26-22-,27-23-,28-24-,37-33-,38-34-,39-35-,46-43-,47-44-,48-45-,49-36-,57-53-,58-54-,60-56-,72-68-/t87-,88+,89+/m0/s1. The molecule has 0 spiro atoms. The van der Waals surface area contributed by atoms with E-state index in [-0.39, 0.29) is 25.7 Å². The molecule has 0 aliphatic rings. The van der Waals surface area contributed by atoms with Gasteiger partial charge < -0.3 is 33.8 Å². The van der Waals surface area contributed by atoms with Gasteiger partial charge in [-0.1, -0.05) is 292 Å². The minimum atomic E-state index is -5.02. The molecule has 0 saturated heterocycles. The first-order chi connectivity index (χ1) is 54.7. The van der Waals surface area contributed by atoms with Gasteiger partial charge in [0.1, 0.15) is 19.3 Å². The molecule has 0 fully saturated rings. The maximum atomic E-state index is 13.1. The van der Waals surface area contributed by atoms with Crippen LogP contribution in [0.4, 0.5) is 0 Å². The summed E-state index contributed by atoms with van der Waals surface area (Å²) in [6, 6.07) is 0. The van der Waals surface area contributed by atoms with Crippen molar-refractivity contribution < 1.29 is 80.2 Å². The number of hydrogen-bond acceptors (Lipinski definition) is 15. The van der Waals surface area contributed by atoms with Crippen molar-refractivity contribution in [1.82, 2.24) is 0 Å². The molecule has 112 heavy (non-hydrogen) atoms. The number of ether oxygens (including phenoxy) is 4. The molecule has 0 radical (unpaired) electrons. The zero-order valence-corrected chi connectivity index (χ0v) is 71.0. The van der Waals surface area contributed by atoms with Gasteiger partial charge in [0.15, 0.2) is 12.2 Å². The van der Waals surface area contributed by atoms with E-state index in [0.717, 1.165) is 173 Å². The number of esters is 4. The Hall–Kier alpha value is -6.36. The van der Waals surface area contributed by atoms with Crippen molar-refractivity contribution >= 4 is 39.5 Å². The second-order valence-corrected chi connectivity index (χ2v) is 30.2. The topological polar surface area (TPSA) is 237 Å². The van der Waals surface area contributed by atoms with E-state index in [9.17, 15) is 43.2 Å². The quantitative estimate of drug-likeness (QED) is 0.0169. The van der Waals surface area contributed by atoms with Crippen LogP contribution in [-0.2, 0) is 65.4 Å². The van der Waals surface area contributed by atoms with Gasteiger partial charge in [-0.2, -0.15) is 0 Å². The summed E-state index contributed by atoms with van der Waals surface area (Å²) in [7, 11) is -10.0. The van der Waals surface area contributed by atoms with Gasteiger partial charge in [-0.15, -0.1) is 0 Å². The predicted molar refractivity (Wildman–Crippen MR) is 463 cm³/mol. The van der Waals surface area contributed by atoms with Crippen LogP contribution < -0.4 is 0 Å². The van der Waals surface area contributed by atoms with Crippen LogP contribution in [0.3, 0.4) is 0 Å². The molecule has 0 aromatic rings. The molecule has 0 aliphatic carbocycles. The van der Waals surface area contributed by atoms with Crippen LogP contribution in [0.2, 0.25) is 0 Å². The Kier molecular flexibility index (Phi) is 77.9. The summed E-state index contributed by atoms with van der Waals surface area (Å²) in [6.45, 7) is 4.40. The minimum absolute atomic E-state index is 0.0457. The minimum Gasteiger partial charge on any atom is -0.462 e. The van der Waals surface area contributed by atoms with Crippen molar-refractivity contribution in [2.45, 2.75) is 316 Å². The Bertz CT molecular complexity index is 2940. The molecule has 0 saturated carbocycles. The highest BCUT2D eigenvalue weighted by Crippen LogP contribution is 2.45. The Morgan fingerprint density at radius 2 is 0.482 bits per heavy atom. The fourth-order valence-electron chi connectivity index (χ4n) is 10.3. The van der Waals surface area contributed by atoms with Crippen molar-refractivity contribution in [1.29, 1.82) is 0 Å². The molecule has 0 rings (SSSR count). The van der Waals surface area contributed by atoms with E-state index in [2.05, 4.69) is 216 Å². The van der Waals surface area contributed by atoms with Gasteiger partial charge in [0.05, 0.1) is 26.4 Å². The number of phosphoric ester groups is 2. The van der Waals surface area contributed by atoms with Crippen LogP contribution in [0.1, 0.15) is 297 Å². The molecular formula is C93H148O17P2. The van der Waals surface area contributed by atoms with Crippen molar-refractivity contribution in [2.24, 2.45) is 0 Å². The number of unbranched alkanes of at least 4 members (excludes halogenated alkanes) is 17. The molecule has 0 heterocycles. The lowest BCUT2D eigenvalue weighted by Crippen LogP contribution is -2.30. The van der Waals surface area contributed by atoms with Crippen LogP contribution in [0, 0.1) is 0 Å². The lowest BCUT2D eigenvalue weighted by atomic mass is 10.1. The highest BCUT2D eigenvalue weighted by molar-refractivity contribution is 7.47. The average Bonchev–Trinajstić information content (AvgIpc) is 0.898. The van der Waals surface area contributed by atoms with E-state index in [0.29, 0.717) is 32.1 Å². The lowest BCUT2D eigenvalue weighted by Gasteiger charge is -2.21. The van der Waals surface area contributed by atoms with E-state index in [1.165, 1.54) is 38.5 Å². The van der Waals surface area contributed by atoms with E-state index < -0.39 is 97.5 Å². The van der Waals surface area contributed by atoms with Gasteiger partial charge in [-0.05, 0) is 186 Å². The van der Waals surface area contributed by atoms with Crippen molar-refractivity contribution in [2.75, 3.05) is 39.6 Å². The summed E-state index contributed by atoms with van der Waals surface area (Å²) in [5.41, 5.74) is 0. The van der Waals surface area contributed by atoms with Gasteiger partial charge >= 0.3 is 39.5 Å². The number of aliphatic hydroxyl groups is 1. The van der Waals surface area contributed by atoms with Crippen LogP contribution >= 0.6 is 15.6 Å². The zero-order chi connectivity index (χ0) is 81.7. The van der Waals surface area contributed by atoms with Crippen LogP contribution in [0.15, 0.2) is 207 Å². The highest BCUT2D eigenvalue weighted by Gasteiger charge is 2.30. The second kappa shape index (κ2) is 82.6. The van der Waals surface area contributed by atoms with Crippen LogP contribution in [0.5, 0.6) is 0 Å². The third-order valence-corrected chi connectivity index (χ3v) is 18.6. The van der Waals surface area contributed by atoms with E-state index in [1.54, 1.807) is 0 Å². The first-order valence-corrected chi connectivity index (χ1v) is 45.3. The van der Waals surface area contributed by atoms with Crippen LogP contribution in [0.25, 0.3) is 0 Å². The number of hydrogen-bond donors (Lipinski definition) is 3. The summed E-state index contributed by atoms with van der Waals surface area (Å²) >= 11 is 0. The molecule has 3 N–H and O–H groups in total. The molecule has 17 nitrogen and oxygen atoms in total. The third-order valence-electron chi connectivity index (χ3n) is 16.7. The third kappa shape index (κ3) is 81.6. The van der Waals surface area contributed by atoms with Gasteiger partial charge in [-0.25, -0.2) is 9.13 Å². The van der Waals surface area contributed by atoms with Gasteiger partial charge in [0, 0.05) is 25.7 Å². The molecule has 5 atom stereocenters. The average molecular weight is 1600 g/mol. The summed E-state index contributed by atoms with van der Waals surface area (Å²) in [6.07, 6.45) is 104. The Labute approximate surface area is 678 Å². The number of phosphoric acid groups is 2. The molecule has 0 aliphatic heterocycles. The number of allylic oxidation sites excluding steroid dienone is 34. The summed E-state index contributed by atoms with van der Waals surface area (Å²) in [5, 5.41) is 10.7. The largest absolute Gasteiger partial charge is 0.472 e. The first-order valence-electron chi connectivity index (χ1n) is 42.3. The number of rotatable bonds is 77. The normalized spacial score (nSPS) is 14.8. The van der Waals surface area contributed by atoms with Crippen LogP contribution in [-0.4, -0.2) is 96.7 Å². The Balaban J connectivity index is 5.55. The molecule has 0 aromatic carbocycles. The maximum Gasteiger partial charge on any atom is 0.472 e. The van der Waals surface area contributed by atoms with E-state index >= 15 is 0 Å². The Morgan fingerprint density at radius 1 is 0.259 bits per heavy atom. The lowest BCUT2D eigenvalue weighted by molar-refractivity contribution is -0.161. The second-order valence-electron chi connectivity index (χ2n) is 27.3. The van der Waals surface area contributed by atoms with Gasteiger partial charge in [0.25, 0.3) is 0 Å². The highest BCUT2D eigenvalue weighted by atomic mass is 31.2. The number of aliphatic hydroxyl groups excluding tert-OH is 1. The molecule has 0 aromatic heterocycles. The van der Waals surface area contributed by atoms with E-state index in [1.807, 2.05) is 18.2 Å². The molecule has 632 valence electrons. The van der Waals surface area contributed by atoms with Crippen molar-refractivity contribution in [3.05, 3.63) is 207 Å². The molecule has 19 heteroatoms. The molecular weight excluding hydrogens is 1450 g/mol. The van der Waals surface area contributed by atoms with Crippen molar-refractivity contribution in [3.63, 3.8) is 0 Å². The molecule has 2 unspecified atom stereocenters. The fourth-order valence-corrected chi connectivity index (χ4v) is 11.9.